The maximum Gasteiger partial charge on any atom is 0.302 e. The second kappa shape index (κ2) is 11.6. The number of carbonyl (C=O) groups excluding carboxylic acids is 1. The summed E-state index contributed by atoms with van der Waals surface area (Å²) < 4.78 is 11.8. The van der Waals surface area contributed by atoms with Crippen molar-refractivity contribution in [3.05, 3.63) is 47.1 Å². The Kier molecular flexibility index (Phi) is 11.0. The molecule has 0 saturated heterocycles. The lowest BCUT2D eigenvalue weighted by atomic mass is 9.95. The summed E-state index contributed by atoms with van der Waals surface area (Å²) in [7, 11) is -1.91. The van der Waals surface area contributed by atoms with Crippen LogP contribution in [0.15, 0.2) is 47.1 Å². The van der Waals surface area contributed by atoms with E-state index < -0.39 is 8.32 Å². The van der Waals surface area contributed by atoms with Crippen molar-refractivity contribution in [2.45, 2.75) is 86.5 Å². The molecule has 0 aromatic rings. The Morgan fingerprint density at radius 1 is 1.07 bits per heavy atom. The van der Waals surface area contributed by atoms with Crippen LogP contribution in [-0.4, -0.2) is 27.0 Å². The van der Waals surface area contributed by atoms with Crippen LogP contribution in [0.1, 0.15) is 62.3 Å². The van der Waals surface area contributed by atoms with Crippen LogP contribution < -0.4 is 0 Å². The van der Waals surface area contributed by atoms with Gasteiger partial charge in [0.1, 0.15) is 6.61 Å². The molecule has 28 heavy (non-hydrogen) atoms. The molecule has 160 valence electrons. The zero-order valence-corrected chi connectivity index (χ0v) is 21.0. The normalized spacial score (nSPS) is 17.0. The predicted octanol–water partition coefficient (Wildman–Crippen LogP) is 6.99. The van der Waals surface area contributed by atoms with E-state index >= 15 is 0 Å². The molecule has 0 aliphatic rings. The second-order valence-corrected chi connectivity index (χ2v) is 14.0. The van der Waals surface area contributed by atoms with E-state index in [2.05, 4.69) is 86.7 Å². The molecule has 0 heterocycles. The number of carbonyl (C=O) groups is 1. The lowest BCUT2D eigenvalue weighted by Gasteiger charge is -2.41. The number of hydrogen-bond acceptors (Lipinski definition) is 3. The SMILES string of the molecule is C/C=C(C)/C=C(\C)[C@H](O[Si](C)(C)C(C)(C)C)[C@H](C)/C=C(C)/C=C/COC(C)=O. The topological polar surface area (TPSA) is 35.5 Å². The molecule has 0 saturated carbocycles. The van der Waals surface area contributed by atoms with Crippen molar-refractivity contribution < 1.29 is 14.0 Å². The quantitative estimate of drug-likeness (QED) is 0.235. The Bertz CT molecular complexity index is 631. The van der Waals surface area contributed by atoms with E-state index in [0.717, 1.165) is 5.57 Å². The van der Waals surface area contributed by atoms with E-state index in [0.29, 0.717) is 6.61 Å². The van der Waals surface area contributed by atoms with Gasteiger partial charge in [-0.15, -0.1) is 0 Å². The second-order valence-electron chi connectivity index (χ2n) is 9.19. The van der Waals surface area contributed by atoms with Gasteiger partial charge in [-0.1, -0.05) is 63.1 Å². The van der Waals surface area contributed by atoms with Gasteiger partial charge >= 0.3 is 5.97 Å². The molecule has 0 aromatic carbocycles. The lowest BCUT2D eigenvalue weighted by Crippen LogP contribution is -2.45. The molecule has 0 fully saturated rings. The molecule has 3 nitrogen and oxygen atoms in total. The molecular formula is C24H42O3Si. The minimum absolute atomic E-state index is 0.0348. The standard InChI is InChI=1S/C24H42O3Si/c1-12-18(2)16-20(4)23(27-28(10,11)24(7,8)9)21(5)17-19(3)14-13-15-26-22(6)25/h12-14,16-17,21,23H,15H2,1-11H3/b14-13+,18-12+,19-17+,20-16+/t21-,23+/m1/s1. The van der Waals surface area contributed by atoms with E-state index in [-0.39, 0.29) is 23.0 Å². The van der Waals surface area contributed by atoms with Crippen LogP contribution in [0.5, 0.6) is 0 Å². The van der Waals surface area contributed by atoms with Crippen LogP contribution in [0.2, 0.25) is 18.1 Å². The summed E-state index contributed by atoms with van der Waals surface area (Å²) in [5.74, 6) is -0.0315. The molecule has 0 aliphatic carbocycles. The summed E-state index contributed by atoms with van der Waals surface area (Å²) in [6, 6.07) is 0. The molecule has 0 spiro atoms. The van der Waals surface area contributed by atoms with Crippen molar-refractivity contribution in [2.75, 3.05) is 6.61 Å². The third-order valence-electron chi connectivity index (χ3n) is 5.35. The predicted molar refractivity (Wildman–Crippen MR) is 124 cm³/mol. The summed E-state index contributed by atoms with van der Waals surface area (Å²) in [4.78, 5) is 10.9. The summed E-state index contributed by atoms with van der Waals surface area (Å²) in [5.41, 5.74) is 3.63. The average Bonchev–Trinajstić information content (AvgIpc) is 2.54. The average molecular weight is 407 g/mol. The number of rotatable bonds is 9. The minimum Gasteiger partial charge on any atom is -0.462 e. The Hall–Kier alpha value is -1.39. The third-order valence-corrected chi connectivity index (χ3v) is 9.81. The van der Waals surface area contributed by atoms with Crippen LogP contribution in [0, 0.1) is 5.92 Å². The molecule has 0 rings (SSSR count). The lowest BCUT2D eigenvalue weighted by molar-refractivity contribution is -0.139. The monoisotopic (exact) mass is 406 g/mol. The molecule has 4 heteroatoms. The fraction of sp³-hybridized carbons (Fsp3) is 0.625. The summed E-state index contributed by atoms with van der Waals surface area (Å²) in [6.07, 6.45) is 10.5. The number of ether oxygens (including phenoxy) is 1. The van der Waals surface area contributed by atoms with Gasteiger partial charge in [-0.05, 0) is 57.5 Å². The van der Waals surface area contributed by atoms with Crippen LogP contribution in [0.3, 0.4) is 0 Å². The zero-order chi connectivity index (χ0) is 22.1. The van der Waals surface area contributed by atoms with Gasteiger partial charge in [0.25, 0.3) is 0 Å². The van der Waals surface area contributed by atoms with E-state index in [1.54, 1.807) is 0 Å². The first-order valence-corrected chi connectivity index (χ1v) is 13.1. The van der Waals surface area contributed by atoms with Gasteiger partial charge < -0.3 is 9.16 Å². The van der Waals surface area contributed by atoms with Crippen molar-refractivity contribution in [2.24, 2.45) is 5.92 Å². The maximum atomic E-state index is 10.9. The molecule has 0 radical (unpaired) electrons. The van der Waals surface area contributed by atoms with E-state index in [1.165, 1.54) is 18.1 Å². The van der Waals surface area contributed by atoms with Crippen molar-refractivity contribution in [3.63, 3.8) is 0 Å². The Morgan fingerprint density at radius 3 is 2.11 bits per heavy atom. The molecule has 0 N–H and O–H groups in total. The van der Waals surface area contributed by atoms with Gasteiger partial charge in [0.15, 0.2) is 8.32 Å². The van der Waals surface area contributed by atoms with Gasteiger partial charge in [-0.25, -0.2) is 0 Å². The van der Waals surface area contributed by atoms with Crippen molar-refractivity contribution in [1.82, 2.24) is 0 Å². The zero-order valence-electron chi connectivity index (χ0n) is 20.0. The van der Waals surface area contributed by atoms with E-state index in [1.807, 2.05) is 12.2 Å². The fourth-order valence-corrected chi connectivity index (χ4v) is 3.98. The molecule has 0 aromatic heterocycles. The van der Waals surface area contributed by atoms with Crippen LogP contribution in [-0.2, 0) is 14.0 Å². The minimum atomic E-state index is -1.91. The first kappa shape index (κ1) is 26.6. The maximum absolute atomic E-state index is 10.9. The van der Waals surface area contributed by atoms with E-state index in [9.17, 15) is 4.79 Å². The largest absolute Gasteiger partial charge is 0.462 e. The highest BCUT2D eigenvalue weighted by Crippen LogP contribution is 2.39. The third kappa shape index (κ3) is 9.70. The van der Waals surface area contributed by atoms with Crippen LogP contribution in [0.25, 0.3) is 0 Å². The molecule has 0 bridgehead atoms. The first-order valence-electron chi connectivity index (χ1n) is 10.2. The molecule has 0 aliphatic heterocycles. The summed E-state index contributed by atoms with van der Waals surface area (Å²) in [6.45, 7) is 23.8. The highest BCUT2D eigenvalue weighted by atomic mass is 28.4. The van der Waals surface area contributed by atoms with Crippen molar-refractivity contribution in [1.29, 1.82) is 0 Å². The molecule has 0 amide bonds. The van der Waals surface area contributed by atoms with Crippen molar-refractivity contribution in [3.8, 4) is 0 Å². The van der Waals surface area contributed by atoms with Gasteiger partial charge in [-0.2, -0.15) is 0 Å². The Labute approximate surface area is 174 Å². The van der Waals surface area contributed by atoms with Gasteiger partial charge in [-0.3, -0.25) is 4.79 Å². The highest BCUT2D eigenvalue weighted by molar-refractivity contribution is 6.74. The van der Waals surface area contributed by atoms with Gasteiger partial charge in [0.05, 0.1) is 6.10 Å². The number of hydrogen-bond donors (Lipinski definition) is 0. The smallest absolute Gasteiger partial charge is 0.302 e. The Balaban J connectivity index is 5.63. The molecule has 0 unspecified atom stereocenters. The molecule has 2 atom stereocenters. The van der Waals surface area contributed by atoms with Crippen LogP contribution in [0.4, 0.5) is 0 Å². The Morgan fingerprint density at radius 2 is 1.64 bits per heavy atom. The fourth-order valence-electron chi connectivity index (χ4n) is 2.59. The molecular weight excluding hydrogens is 364 g/mol. The van der Waals surface area contributed by atoms with Crippen LogP contribution >= 0.6 is 0 Å². The number of esters is 1. The summed E-state index contributed by atoms with van der Waals surface area (Å²) in [5, 5.41) is 0.156. The van der Waals surface area contributed by atoms with Gasteiger partial charge in [0.2, 0.25) is 0 Å². The summed E-state index contributed by atoms with van der Waals surface area (Å²) >= 11 is 0. The van der Waals surface area contributed by atoms with Gasteiger partial charge in [0, 0.05) is 12.8 Å². The van der Waals surface area contributed by atoms with E-state index in [4.69, 9.17) is 9.16 Å². The number of allylic oxidation sites excluding steroid dienone is 5. The first-order chi connectivity index (χ1) is 12.7. The van der Waals surface area contributed by atoms with Crippen molar-refractivity contribution >= 4 is 14.3 Å². The highest BCUT2D eigenvalue weighted by Gasteiger charge is 2.40.